The summed E-state index contributed by atoms with van der Waals surface area (Å²) >= 11 is 6.77. The highest BCUT2D eigenvalue weighted by Crippen LogP contribution is 2.33. The van der Waals surface area contributed by atoms with E-state index in [-0.39, 0.29) is 0 Å². The lowest BCUT2D eigenvalue weighted by Gasteiger charge is -2.11. The quantitative estimate of drug-likeness (QED) is 0.797. The maximum atomic E-state index is 3.94. The predicted molar refractivity (Wildman–Crippen MR) is 52.9 cm³/mol. The van der Waals surface area contributed by atoms with Crippen molar-refractivity contribution in [3.63, 3.8) is 0 Å². The van der Waals surface area contributed by atoms with Gasteiger partial charge in [0, 0.05) is 6.04 Å². The third-order valence-electron chi connectivity index (χ3n) is 2.30. The Labute approximate surface area is 87.8 Å². The number of nitrogens with zero attached hydrogens (tertiary/aromatic N) is 3. The Bertz CT molecular complexity index is 259. The molecule has 1 heterocycles. The number of rotatable bonds is 1. The van der Waals surface area contributed by atoms with Crippen LogP contribution < -0.4 is 0 Å². The van der Waals surface area contributed by atoms with Crippen LogP contribution in [0.2, 0.25) is 0 Å². The van der Waals surface area contributed by atoms with E-state index in [4.69, 9.17) is 0 Å². The van der Waals surface area contributed by atoms with Gasteiger partial charge in [0.25, 0.3) is 0 Å². The third-order valence-corrected chi connectivity index (χ3v) is 3.38. The van der Waals surface area contributed by atoms with E-state index < -0.39 is 0 Å². The summed E-state index contributed by atoms with van der Waals surface area (Å²) in [5.74, 6) is 0. The van der Waals surface area contributed by atoms with Crippen molar-refractivity contribution in [3.8, 4) is 0 Å². The second-order valence-corrected chi connectivity index (χ2v) is 4.46. The minimum atomic E-state index is 0.587. The maximum Gasteiger partial charge on any atom is 0.201 e. The van der Waals surface area contributed by atoms with Crippen LogP contribution in [0.4, 0.5) is 0 Å². The molecular formula is C7H9Br2N3. The molecule has 1 aliphatic rings. The van der Waals surface area contributed by atoms with E-state index in [0.29, 0.717) is 6.04 Å². The molecule has 0 saturated heterocycles. The van der Waals surface area contributed by atoms with Crippen LogP contribution in [0, 0.1) is 0 Å². The minimum absolute atomic E-state index is 0.587. The van der Waals surface area contributed by atoms with Crippen LogP contribution >= 0.6 is 31.9 Å². The first-order valence-corrected chi connectivity index (χ1v) is 5.63. The first-order chi connectivity index (χ1) is 5.79. The van der Waals surface area contributed by atoms with Crippen molar-refractivity contribution in [1.82, 2.24) is 14.8 Å². The zero-order valence-corrected chi connectivity index (χ0v) is 9.68. The molecule has 0 N–H and O–H groups in total. The second-order valence-electron chi connectivity index (χ2n) is 3.05. The largest absolute Gasteiger partial charge is 0.293 e. The first kappa shape index (κ1) is 8.69. The molecule has 0 radical (unpaired) electrons. The van der Waals surface area contributed by atoms with Gasteiger partial charge in [-0.1, -0.05) is 12.8 Å². The molecular weight excluding hydrogens is 286 g/mol. The van der Waals surface area contributed by atoms with Crippen molar-refractivity contribution < 1.29 is 0 Å². The van der Waals surface area contributed by atoms with E-state index in [1.54, 1.807) is 0 Å². The van der Waals surface area contributed by atoms with E-state index in [0.717, 1.165) is 9.47 Å². The smallest absolute Gasteiger partial charge is 0.201 e. The second kappa shape index (κ2) is 3.46. The first-order valence-electron chi connectivity index (χ1n) is 4.05. The molecule has 0 amide bonds. The fourth-order valence-corrected chi connectivity index (χ4v) is 3.03. The van der Waals surface area contributed by atoms with E-state index in [9.17, 15) is 0 Å². The number of aromatic nitrogens is 3. The van der Waals surface area contributed by atoms with Gasteiger partial charge in [0.1, 0.15) is 0 Å². The van der Waals surface area contributed by atoms with Crippen LogP contribution in [0.25, 0.3) is 0 Å². The van der Waals surface area contributed by atoms with Crippen molar-refractivity contribution in [2.24, 2.45) is 0 Å². The Kier molecular flexibility index (Phi) is 2.50. The minimum Gasteiger partial charge on any atom is -0.293 e. The van der Waals surface area contributed by atoms with Gasteiger partial charge in [-0.2, -0.15) is 0 Å². The molecule has 0 bridgehead atoms. The lowest BCUT2D eigenvalue weighted by atomic mass is 10.2. The predicted octanol–water partition coefficient (Wildman–Crippen LogP) is 2.92. The maximum absolute atomic E-state index is 3.94. The summed E-state index contributed by atoms with van der Waals surface area (Å²) in [5.41, 5.74) is 0. The van der Waals surface area contributed by atoms with E-state index >= 15 is 0 Å². The number of halogens is 2. The molecule has 12 heavy (non-hydrogen) atoms. The molecule has 1 aliphatic carbocycles. The Morgan fingerprint density at radius 1 is 1.08 bits per heavy atom. The SMILES string of the molecule is Brc1nnc(Br)n1C1CCCC1. The highest BCUT2D eigenvalue weighted by atomic mass is 79.9. The summed E-state index contributed by atoms with van der Waals surface area (Å²) in [5, 5.41) is 7.89. The summed E-state index contributed by atoms with van der Waals surface area (Å²) in [4.78, 5) is 0. The molecule has 0 unspecified atom stereocenters. The normalized spacial score (nSPS) is 18.8. The van der Waals surface area contributed by atoms with Crippen LogP contribution in [0.15, 0.2) is 9.47 Å². The molecule has 3 nitrogen and oxygen atoms in total. The Balaban J connectivity index is 2.30. The van der Waals surface area contributed by atoms with Crippen molar-refractivity contribution >= 4 is 31.9 Å². The van der Waals surface area contributed by atoms with Gasteiger partial charge in [-0.05, 0) is 44.7 Å². The molecule has 0 aliphatic heterocycles. The molecule has 1 saturated carbocycles. The van der Waals surface area contributed by atoms with Crippen molar-refractivity contribution in [2.45, 2.75) is 31.7 Å². The van der Waals surface area contributed by atoms with Crippen LogP contribution in [0.5, 0.6) is 0 Å². The molecule has 0 aromatic carbocycles. The fourth-order valence-electron chi connectivity index (χ4n) is 1.72. The monoisotopic (exact) mass is 293 g/mol. The highest BCUT2D eigenvalue weighted by Gasteiger charge is 2.21. The molecule has 1 fully saturated rings. The lowest BCUT2D eigenvalue weighted by molar-refractivity contribution is 0.499. The van der Waals surface area contributed by atoms with E-state index in [2.05, 4.69) is 46.6 Å². The summed E-state index contributed by atoms with van der Waals surface area (Å²) < 4.78 is 3.79. The standard InChI is InChI=1S/C7H9Br2N3/c8-6-10-11-7(9)12(6)5-3-1-2-4-5/h5H,1-4H2. The fraction of sp³-hybridized carbons (Fsp3) is 0.714. The van der Waals surface area contributed by atoms with E-state index in [1.807, 2.05) is 0 Å². The molecule has 2 rings (SSSR count). The van der Waals surface area contributed by atoms with Crippen LogP contribution in [0.3, 0.4) is 0 Å². The molecule has 1 aromatic heterocycles. The molecule has 0 atom stereocenters. The zero-order valence-electron chi connectivity index (χ0n) is 6.50. The lowest BCUT2D eigenvalue weighted by Crippen LogP contribution is -2.05. The van der Waals surface area contributed by atoms with Gasteiger partial charge in [0.15, 0.2) is 0 Å². The van der Waals surface area contributed by atoms with Gasteiger partial charge in [0.05, 0.1) is 0 Å². The summed E-state index contributed by atoms with van der Waals surface area (Å²) in [7, 11) is 0. The van der Waals surface area contributed by atoms with Crippen LogP contribution in [0.1, 0.15) is 31.7 Å². The van der Waals surface area contributed by atoms with Gasteiger partial charge in [0.2, 0.25) is 9.47 Å². The summed E-state index contributed by atoms with van der Waals surface area (Å²) in [6.45, 7) is 0. The third kappa shape index (κ3) is 1.44. The number of hydrogen-bond acceptors (Lipinski definition) is 2. The molecule has 66 valence electrons. The Morgan fingerprint density at radius 2 is 1.58 bits per heavy atom. The van der Waals surface area contributed by atoms with Gasteiger partial charge < -0.3 is 0 Å². The number of hydrogen-bond donors (Lipinski definition) is 0. The van der Waals surface area contributed by atoms with Crippen LogP contribution in [-0.2, 0) is 0 Å². The van der Waals surface area contributed by atoms with E-state index in [1.165, 1.54) is 25.7 Å². The zero-order chi connectivity index (χ0) is 8.55. The highest BCUT2D eigenvalue weighted by molar-refractivity contribution is 9.11. The van der Waals surface area contributed by atoms with Crippen molar-refractivity contribution in [1.29, 1.82) is 0 Å². The van der Waals surface area contributed by atoms with Crippen LogP contribution in [-0.4, -0.2) is 14.8 Å². The Morgan fingerprint density at radius 3 is 2.08 bits per heavy atom. The van der Waals surface area contributed by atoms with Crippen molar-refractivity contribution in [3.05, 3.63) is 9.47 Å². The molecule has 5 heteroatoms. The summed E-state index contributed by atoms with van der Waals surface area (Å²) in [6.07, 6.45) is 5.13. The molecule has 0 spiro atoms. The summed E-state index contributed by atoms with van der Waals surface area (Å²) in [6, 6.07) is 0.587. The van der Waals surface area contributed by atoms with Gasteiger partial charge in [-0.25, -0.2) is 0 Å². The average molecular weight is 295 g/mol. The van der Waals surface area contributed by atoms with Gasteiger partial charge >= 0.3 is 0 Å². The van der Waals surface area contributed by atoms with Crippen molar-refractivity contribution in [2.75, 3.05) is 0 Å². The Hall–Kier alpha value is 0.1000. The average Bonchev–Trinajstić information content (AvgIpc) is 2.61. The topological polar surface area (TPSA) is 30.7 Å². The van der Waals surface area contributed by atoms with Gasteiger partial charge in [-0.15, -0.1) is 10.2 Å². The molecule has 1 aromatic rings. The van der Waals surface area contributed by atoms with Gasteiger partial charge in [-0.3, -0.25) is 4.57 Å².